The molecule has 0 aliphatic carbocycles. The molecule has 0 spiro atoms. The second-order valence-electron chi connectivity index (χ2n) is 8.24. The number of hydrazine groups is 1. The number of aromatic nitrogens is 3. The van der Waals surface area contributed by atoms with Crippen LogP contribution in [0.15, 0.2) is 65.8 Å². The molecule has 3 heterocycles. The number of piperazine rings is 1. The van der Waals surface area contributed by atoms with Crippen LogP contribution in [0.3, 0.4) is 0 Å². The van der Waals surface area contributed by atoms with Crippen molar-refractivity contribution < 1.29 is 30.7 Å². The molecule has 0 radical (unpaired) electrons. The van der Waals surface area contributed by atoms with Crippen LogP contribution in [-0.4, -0.2) is 60.9 Å². The fourth-order valence-electron chi connectivity index (χ4n) is 4.02. The number of alkyl halides is 3. The lowest BCUT2D eigenvalue weighted by Gasteiger charge is -2.35. The SMILES string of the molecule is O=S(=O)(NN1CCN(c2ncnc3[nH]c(-c4ccc(F)cc4)cc23)CC1)c1ccc(OC(F)(F)F)cc1. The average molecular weight is 537 g/mol. The predicted molar refractivity (Wildman–Crippen MR) is 127 cm³/mol. The summed E-state index contributed by atoms with van der Waals surface area (Å²) in [4.78, 5) is 16.2. The Morgan fingerprint density at radius 3 is 2.27 bits per heavy atom. The van der Waals surface area contributed by atoms with Gasteiger partial charge in [0.1, 0.15) is 29.4 Å². The molecule has 14 heteroatoms. The molecule has 4 aromatic rings. The fraction of sp³-hybridized carbons (Fsp3) is 0.217. The van der Waals surface area contributed by atoms with E-state index in [9.17, 15) is 26.0 Å². The monoisotopic (exact) mass is 536 g/mol. The second kappa shape index (κ2) is 9.61. The number of anilines is 1. The minimum absolute atomic E-state index is 0.192. The zero-order chi connectivity index (χ0) is 26.2. The Morgan fingerprint density at radius 2 is 1.62 bits per heavy atom. The number of hydrogen-bond acceptors (Lipinski definition) is 7. The summed E-state index contributed by atoms with van der Waals surface area (Å²) in [5.41, 5.74) is 2.17. The Balaban J connectivity index is 1.25. The van der Waals surface area contributed by atoms with Crippen molar-refractivity contribution >= 4 is 26.9 Å². The molecule has 9 nitrogen and oxygen atoms in total. The van der Waals surface area contributed by atoms with E-state index in [-0.39, 0.29) is 10.7 Å². The van der Waals surface area contributed by atoms with Crippen molar-refractivity contribution in [1.29, 1.82) is 0 Å². The van der Waals surface area contributed by atoms with E-state index in [1.165, 1.54) is 23.5 Å². The molecule has 0 amide bonds. The van der Waals surface area contributed by atoms with E-state index in [4.69, 9.17) is 0 Å². The van der Waals surface area contributed by atoms with Crippen molar-refractivity contribution in [3.8, 4) is 17.0 Å². The van der Waals surface area contributed by atoms with Crippen molar-refractivity contribution in [2.24, 2.45) is 0 Å². The van der Waals surface area contributed by atoms with E-state index in [0.717, 1.165) is 40.9 Å². The Morgan fingerprint density at radius 1 is 0.946 bits per heavy atom. The van der Waals surface area contributed by atoms with Gasteiger partial charge in [0.05, 0.1) is 10.3 Å². The maximum atomic E-state index is 13.3. The summed E-state index contributed by atoms with van der Waals surface area (Å²) >= 11 is 0. The van der Waals surface area contributed by atoms with Gasteiger partial charge < -0.3 is 14.6 Å². The van der Waals surface area contributed by atoms with Gasteiger partial charge in [-0.3, -0.25) is 0 Å². The number of nitrogens with one attached hydrogen (secondary N) is 2. The van der Waals surface area contributed by atoms with Crippen LogP contribution in [0.25, 0.3) is 22.3 Å². The number of sulfonamides is 1. The van der Waals surface area contributed by atoms with Gasteiger partial charge in [-0.2, -0.15) is 0 Å². The molecule has 37 heavy (non-hydrogen) atoms. The van der Waals surface area contributed by atoms with Crippen molar-refractivity contribution in [2.75, 3.05) is 31.1 Å². The van der Waals surface area contributed by atoms with Crippen LogP contribution in [0.1, 0.15) is 0 Å². The van der Waals surface area contributed by atoms with Gasteiger partial charge in [0, 0.05) is 31.9 Å². The van der Waals surface area contributed by atoms with Crippen molar-refractivity contribution in [2.45, 2.75) is 11.3 Å². The van der Waals surface area contributed by atoms with E-state index in [2.05, 4.69) is 24.5 Å². The van der Waals surface area contributed by atoms with E-state index >= 15 is 0 Å². The maximum Gasteiger partial charge on any atom is 0.573 e. The minimum atomic E-state index is -4.86. The molecule has 1 saturated heterocycles. The lowest BCUT2D eigenvalue weighted by molar-refractivity contribution is -0.274. The molecule has 0 saturated carbocycles. The topological polar surface area (TPSA) is 103 Å². The highest BCUT2D eigenvalue weighted by atomic mass is 32.2. The Hall–Kier alpha value is -3.75. The first-order valence-corrected chi connectivity index (χ1v) is 12.5. The molecule has 1 fully saturated rings. The first kappa shape index (κ1) is 24.9. The minimum Gasteiger partial charge on any atom is -0.406 e. The van der Waals surface area contributed by atoms with Crippen molar-refractivity contribution in [3.05, 3.63) is 66.7 Å². The third-order valence-corrected chi connectivity index (χ3v) is 7.15. The Kier molecular flexibility index (Phi) is 6.47. The first-order valence-electron chi connectivity index (χ1n) is 11.1. The first-order chi connectivity index (χ1) is 17.6. The van der Waals surface area contributed by atoms with Crippen LogP contribution < -0.4 is 14.5 Å². The van der Waals surface area contributed by atoms with Crippen LogP contribution in [0.2, 0.25) is 0 Å². The summed E-state index contributed by atoms with van der Waals surface area (Å²) in [6.07, 6.45) is -3.43. The van der Waals surface area contributed by atoms with Gasteiger partial charge in [-0.15, -0.1) is 18.0 Å². The normalized spacial score (nSPS) is 15.3. The molecular formula is C23H20F4N6O3S. The van der Waals surface area contributed by atoms with Gasteiger partial charge in [0.15, 0.2) is 0 Å². The second-order valence-corrected chi connectivity index (χ2v) is 9.90. The summed E-state index contributed by atoms with van der Waals surface area (Å²) in [5.74, 6) is -0.165. The number of nitrogens with zero attached hydrogens (tertiary/aromatic N) is 4. The molecular weight excluding hydrogens is 516 g/mol. The van der Waals surface area contributed by atoms with Crippen LogP contribution in [0, 0.1) is 5.82 Å². The van der Waals surface area contributed by atoms with Gasteiger partial charge in [0.25, 0.3) is 10.0 Å². The lowest BCUT2D eigenvalue weighted by atomic mass is 10.1. The molecule has 1 aliphatic rings. The number of aromatic amines is 1. The molecule has 2 aromatic heterocycles. The third-order valence-electron chi connectivity index (χ3n) is 5.76. The highest BCUT2D eigenvalue weighted by Gasteiger charge is 2.31. The number of H-pyrrole nitrogens is 1. The van der Waals surface area contributed by atoms with Crippen LogP contribution in [-0.2, 0) is 10.0 Å². The van der Waals surface area contributed by atoms with Crippen molar-refractivity contribution in [3.63, 3.8) is 0 Å². The molecule has 5 rings (SSSR count). The molecule has 0 unspecified atom stereocenters. The van der Waals surface area contributed by atoms with Gasteiger partial charge >= 0.3 is 6.36 Å². The van der Waals surface area contributed by atoms with E-state index in [1.54, 1.807) is 12.1 Å². The largest absolute Gasteiger partial charge is 0.573 e. The Bertz CT molecular complexity index is 1500. The van der Waals surface area contributed by atoms with Gasteiger partial charge in [-0.05, 0) is 60.2 Å². The number of rotatable bonds is 6. The summed E-state index contributed by atoms with van der Waals surface area (Å²) in [5, 5.41) is 2.29. The maximum absolute atomic E-state index is 13.3. The zero-order valence-corrected chi connectivity index (χ0v) is 19.9. The van der Waals surface area contributed by atoms with Crippen LogP contribution in [0.5, 0.6) is 5.75 Å². The number of benzene rings is 2. The summed E-state index contributed by atoms with van der Waals surface area (Å²) in [6, 6.07) is 11.9. The third kappa shape index (κ3) is 5.65. The molecule has 2 N–H and O–H groups in total. The fourth-order valence-corrected chi connectivity index (χ4v) is 5.14. The van der Waals surface area contributed by atoms with Crippen LogP contribution in [0.4, 0.5) is 23.4 Å². The number of fused-ring (bicyclic) bond motifs is 1. The molecule has 0 atom stereocenters. The molecule has 194 valence electrons. The summed E-state index contributed by atoms with van der Waals surface area (Å²) in [7, 11) is -4.00. The predicted octanol–water partition coefficient (Wildman–Crippen LogP) is 3.68. The highest BCUT2D eigenvalue weighted by Crippen LogP contribution is 2.29. The van der Waals surface area contributed by atoms with Crippen LogP contribution >= 0.6 is 0 Å². The van der Waals surface area contributed by atoms with E-state index in [1.807, 2.05) is 11.0 Å². The van der Waals surface area contributed by atoms with Gasteiger partial charge in [0.2, 0.25) is 0 Å². The summed E-state index contributed by atoms with van der Waals surface area (Å²) < 4.78 is 79.5. The number of halogens is 4. The Labute approximate surface area is 208 Å². The summed E-state index contributed by atoms with van der Waals surface area (Å²) in [6.45, 7) is 1.55. The van der Waals surface area contributed by atoms with E-state index < -0.39 is 22.1 Å². The molecule has 1 aliphatic heterocycles. The van der Waals surface area contributed by atoms with Gasteiger partial charge in [-0.25, -0.2) is 27.8 Å². The number of hydrogen-bond donors (Lipinski definition) is 2. The quantitative estimate of drug-likeness (QED) is 0.363. The molecule has 2 aromatic carbocycles. The number of ether oxygens (including phenoxy) is 1. The standard InChI is InChI=1S/C23H20F4N6O3S/c24-16-3-1-15(2-4-16)20-13-19-21(30-20)28-14-29-22(19)32-9-11-33(12-10-32)31-37(34,35)18-7-5-17(6-8-18)36-23(25,26)27/h1-8,13-14,31H,9-12H2,(H,28,29,30). The van der Waals surface area contributed by atoms with E-state index in [0.29, 0.717) is 37.6 Å². The smallest absolute Gasteiger partial charge is 0.406 e. The lowest BCUT2D eigenvalue weighted by Crippen LogP contribution is -2.53. The van der Waals surface area contributed by atoms with Crippen molar-refractivity contribution in [1.82, 2.24) is 24.8 Å². The zero-order valence-electron chi connectivity index (χ0n) is 19.0. The molecule has 0 bridgehead atoms. The highest BCUT2D eigenvalue weighted by molar-refractivity contribution is 7.89. The average Bonchev–Trinajstić information content (AvgIpc) is 3.29. The van der Waals surface area contributed by atoms with Gasteiger partial charge in [-0.1, -0.05) is 0 Å².